The van der Waals surface area contributed by atoms with Gasteiger partial charge in [0.15, 0.2) is 0 Å². The zero-order chi connectivity index (χ0) is 11.8. The summed E-state index contributed by atoms with van der Waals surface area (Å²) in [6.45, 7) is 3.18. The number of sulfonamides is 1. The van der Waals surface area contributed by atoms with E-state index in [0.29, 0.717) is 5.56 Å². The van der Waals surface area contributed by atoms with E-state index in [4.69, 9.17) is 16.3 Å². The van der Waals surface area contributed by atoms with E-state index >= 15 is 0 Å². The van der Waals surface area contributed by atoms with Crippen LogP contribution in [0.1, 0.15) is 18.1 Å². The van der Waals surface area contributed by atoms with Crippen LogP contribution in [0.25, 0.3) is 0 Å². The summed E-state index contributed by atoms with van der Waals surface area (Å²) in [6, 6.07) is 3.03. The Morgan fingerprint density at radius 3 is 2.33 bits per heavy atom. The van der Waals surface area contributed by atoms with Crippen molar-refractivity contribution in [3.63, 3.8) is 0 Å². The van der Waals surface area contributed by atoms with Gasteiger partial charge in [0.1, 0.15) is 0 Å². The van der Waals surface area contributed by atoms with Crippen molar-refractivity contribution < 1.29 is 8.42 Å². The number of nitrogens with two attached hydrogens (primary N) is 2. The van der Waals surface area contributed by atoms with Gasteiger partial charge in [0, 0.05) is 17.0 Å². The van der Waals surface area contributed by atoms with Crippen LogP contribution >= 0.6 is 0 Å². The maximum atomic E-state index is 11.3. The number of rotatable bonds is 2. The average molecular weight is 227 g/mol. The summed E-state index contributed by atoms with van der Waals surface area (Å²) in [5.41, 5.74) is 6.87. The average Bonchev–Trinajstić information content (AvgIpc) is 1.99. The normalized spacial score (nSPS) is 11.4. The Balaban J connectivity index is 3.70. The van der Waals surface area contributed by atoms with E-state index in [1.807, 2.05) is 0 Å². The molecule has 0 amide bonds. The molecule has 5 nitrogen and oxygen atoms in total. The SMILES string of the molecule is CC(=N)c1c(N)cc(C)cc1S(N)(=O)=O. The zero-order valence-electron chi connectivity index (χ0n) is 8.53. The van der Waals surface area contributed by atoms with E-state index in [-0.39, 0.29) is 21.9 Å². The molecule has 15 heavy (non-hydrogen) atoms. The molecule has 0 saturated carbocycles. The van der Waals surface area contributed by atoms with Gasteiger partial charge in [-0.05, 0) is 31.5 Å². The van der Waals surface area contributed by atoms with Gasteiger partial charge in [0.05, 0.1) is 4.90 Å². The Labute approximate surface area is 88.7 Å². The predicted octanol–water partition coefficient (Wildman–Crippen LogP) is 0.612. The number of hydrogen-bond acceptors (Lipinski definition) is 4. The molecule has 1 aromatic carbocycles. The molecule has 0 bridgehead atoms. The van der Waals surface area contributed by atoms with Crippen LogP contribution in [0.4, 0.5) is 5.69 Å². The molecule has 0 unspecified atom stereocenters. The number of primary sulfonamides is 1. The van der Waals surface area contributed by atoms with Crippen LogP contribution in [0.15, 0.2) is 17.0 Å². The first-order chi connectivity index (χ1) is 6.73. The summed E-state index contributed by atoms with van der Waals surface area (Å²) < 4.78 is 22.6. The Kier molecular flexibility index (Phi) is 2.83. The van der Waals surface area contributed by atoms with E-state index < -0.39 is 10.0 Å². The highest BCUT2D eigenvalue weighted by atomic mass is 32.2. The van der Waals surface area contributed by atoms with Crippen LogP contribution < -0.4 is 10.9 Å². The summed E-state index contributed by atoms with van der Waals surface area (Å²) in [4.78, 5) is -0.0903. The van der Waals surface area contributed by atoms with E-state index in [1.165, 1.54) is 13.0 Å². The van der Waals surface area contributed by atoms with Gasteiger partial charge in [-0.3, -0.25) is 0 Å². The highest BCUT2D eigenvalue weighted by molar-refractivity contribution is 7.89. The molecule has 82 valence electrons. The van der Waals surface area contributed by atoms with E-state index in [1.54, 1.807) is 13.0 Å². The minimum Gasteiger partial charge on any atom is -0.398 e. The molecular weight excluding hydrogens is 214 g/mol. The van der Waals surface area contributed by atoms with Crippen molar-refractivity contribution in [3.8, 4) is 0 Å². The molecule has 0 aliphatic heterocycles. The lowest BCUT2D eigenvalue weighted by molar-refractivity contribution is 0.597. The number of nitrogens with one attached hydrogen (secondary N) is 1. The number of aryl methyl sites for hydroxylation is 1. The van der Waals surface area contributed by atoms with Crippen molar-refractivity contribution in [2.75, 3.05) is 5.73 Å². The second-order valence-corrected chi connectivity index (χ2v) is 4.93. The smallest absolute Gasteiger partial charge is 0.238 e. The molecule has 0 spiro atoms. The fourth-order valence-corrected chi connectivity index (χ4v) is 2.31. The first kappa shape index (κ1) is 11.7. The van der Waals surface area contributed by atoms with Crippen LogP contribution in [0.5, 0.6) is 0 Å². The molecule has 0 aliphatic carbocycles. The third-order valence-corrected chi connectivity index (χ3v) is 2.89. The maximum Gasteiger partial charge on any atom is 0.238 e. The van der Waals surface area contributed by atoms with Gasteiger partial charge in [0.2, 0.25) is 10.0 Å². The molecule has 0 fully saturated rings. The highest BCUT2D eigenvalue weighted by Gasteiger charge is 2.18. The van der Waals surface area contributed by atoms with Gasteiger partial charge in [-0.25, -0.2) is 13.6 Å². The zero-order valence-corrected chi connectivity index (χ0v) is 9.35. The van der Waals surface area contributed by atoms with Gasteiger partial charge in [-0.2, -0.15) is 0 Å². The van der Waals surface area contributed by atoms with E-state index in [0.717, 1.165) is 0 Å². The minimum atomic E-state index is -3.84. The first-order valence-electron chi connectivity index (χ1n) is 4.22. The van der Waals surface area contributed by atoms with Crippen molar-refractivity contribution in [2.45, 2.75) is 18.7 Å². The van der Waals surface area contributed by atoms with E-state index in [9.17, 15) is 8.42 Å². The second kappa shape index (κ2) is 3.63. The van der Waals surface area contributed by atoms with Crippen LogP contribution in [0.3, 0.4) is 0 Å². The van der Waals surface area contributed by atoms with Gasteiger partial charge in [-0.1, -0.05) is 0 Å². The van der Waals surface area contributed by atoms with E-state index in [2.05, 4.69) is 0 Å². The molecule has 0 aromatic heterocycles. The van der Waals surface area contributed by atoms with Gasteiger partial charge < -0.3 is 11.1 Å². The first-order valence-corrected chi connectivity index (χ1v) is 5.76. The summed E-state index contributed by atoms with van der Waals surface area (Å²) in [5.74, 6) is 0. The highest BCUT2D eigenvalue weighted by Crippen LogP contribution is 2.23. The predicted molar refractivity (Wildman–Crippen MR) is 59.5 cm³/mol. The molecule has 6 heteroatoms. The molecule has 1 aromatic rings. The quantitative estimate of drug-likeness (QED) is 0.508. The summed E-state index contributed by atoms with van der Waals surface area (Å²) in [6.07, 6.45) is 0. The molecule has 0 saturated heterocycles. The lowest BCUT2D eigenvalue weighted by Crippen LogP contribution is -2.17. The number of hydrogen-bond donors (Lipinski definition) is 3. The number of nitrogen functional groups attached to an aromatic ring is 1. The monoisotopic (exact) mass is 227 g/mol. The molecule has 1 rings (SSSR count). The van der Waals surface area contributed by atoms with Crippen LogP contribution in [0, 0.1) is 12.3 Å². The number of anilines is 1. The molecule has 0 heterocycles. The van der Waals surface area contributed by atoms with Crippen LogP contribution in [-0.4, -0.2) is 14.1 Å². The molecule has 0 atom stereocenters. The lowest BCUT2D eigenvalue weighted by atomic mass is 10.1. The Morgan fingerprint density at radius 2 is 1.93 bits per heavy atom. The Bertz CT molecular complexity index is 520. The standard InChI is InChI=1S/C9H13N3O2S/c1-5-3-7(11)9(6(2)10)8(4-5)15(12,13)14/h3-4,10H,11H2,1-2H3,(H2,12,13,14). The summed E-state index contributed by atoms with van der Waals surface area (Å²) >= 11 is 0. The van der Waals surface area contributed by atoms with Crippen molar-refractivity contribution in [2.24, 2.45) is 5.14 Å². The van der Waals surface area contributed by atoms with Crippen molar-refractivity contribution in [1.29, 1.82) is 5.41 Å². The molecule has 0 aliphatic rings. The maximum absolute atomic E-state index is 11.3. The molecule has 5 N–H and O–H groups in total. The second-order valence-electron chi connectivity index (χ2n) is 3.40. The Morgan fingerprint density at radius 1 is 1.40 bits per heavy atom. The van der Waals surface area contributed by atoms with Gasteiger partial charge in [-0.15, -0.1) is 0 Å². The van der Waals surface area contributed by atoms with Gasteiger partial charge in [0.25, 0.3) is 0 Å². The number of benzene rings is 1. The topological polar surface area (TPSA) is 110 Å². The lowest BCUT2D eigenvalue weighted by Gasteiger charge is -2.10. The summed E-state index contributed by atoms with van der Waals surface area (Å²) in [5, 5.41) is 12.5. The van der Waals surface area contributed by atoms with Crippen LogP contribution in [-0.2, 0) is 10.0 Å². The third-order valence-electron chi connectivity index (χ3n) is 1.96. The third kappa shape index (κ3) is 2.34. The summed E-state index contributed by atoms with van der Waals surface area (Å²) in [7, 11) is -3.84. The van der Waals surface area contributed by atoms with Crippen molar-refractivity contribution >= 4 is 21.4 Å². The largest absolute Gasteiger partial charge is 0.398 e. The fraction of sp³-hybridized carbons (Fsp3) is 0.222. The van der Waals surface area contributed by atoms with Gasteiger partial charge >= 0.3 is 0 Å². The van der Waals surface area contributed by atoms with Crippen molar-refractivity contribution in [3.05, 3.63) is 23.3 Å². The minimum absolute atomic E-state index is 0.0801. The molecular formula is C9H13N3O2S. The fourth-order valence-electron chi connectivity index (χ4n) is 1.41. The molecule has 0 radical (unpaired) electrons. The van der Waals surface area contributed by atoms with Crippen LogP contribution in [0.2, 0.25) is 0 Å². The Hall–Kier alpha value is -1.40. The van der Waals surface area contributed by atoms with Crippen molar-refractivity contribution in [1.82, 2.24) is 0 Å².